The molecule has 1 aliphatic rings. The maximum atomic E-state index is 12.4. The third-order valence-electron chi connectivity index (χ3n) is 3.76. The van der Waals surface area contributed by atoms with Crippen LogP contribution in [0.4, 0.5) is 13.2 Å². The first-order chi connectivity index (χ1) is 11.4. The number of nitrogens with zero attached hydrogens (tertiary/aromatic N) is 5. The third-order valence-corrected chi connectivity index (χ3v) is 3.76. The van der Waals surface area contributed by atoms with Gasteiger partial charge in [-0.05, 0) is 12.8 Å². The molecule has 0 spiro atoms. The van der Waals surface area contributed by atoms with Crippen molar-refractivity contribution in [3.05, 3.63) is 35.4 Å². The summed E-state index contributed by atoms with van der Waals surface area (Å²) < 4.78 is 39.2. The fraction of sp³-hybridized carbons (Fsp3) is 0.500. The second-order valence-corrected chi connectivity index (χ2v) is 5.47. The number of aromatic nitrogens is 5. The Morgan fingerprint density at radius 2 is 1.92 bits per heavy atom. The Bertz CT molecular complexity index is 725. The summed E-state index contributed by atoms with van der Waals surface area (Å²) >= 11 is 0. The number of rotatable bonds is 3. The molecule has 128 valence electrons. The molecule has 0 aliphatic carbocycles. The molecule has 2 aromatic rings. The molecule has 2 aromatic heterocycles. The number of hydrogen-bond donors (Lipinski definition) is 1. The fourth-order valence-electron chi connectivity index (χ4n) is 2.53. The van der Waals surface area contributed by atoms with Gasteiger partial charge in [0, 0.05) is 25.4 Å². The second-order valence-electron chi connectivity index (χ2n) is 5.47. The lowest BCUT2D eigenvalue weighted by atomic mass is 10.2. The number of nitrogens with one attached hydrogen (secondary N) is 1. The molecule has 3 rings (SSSR count). The standard InChI is InChI=1S/C14H15F3N6O/c15-14(16,17)13-19-6-9(7-20-13)12(24)18-8-11-22-21-10-4-2-1-3-5-23(10)11/h6-7H,1-5,8H2,(H,18,24). The van der Waals surface area contributed by atoms with Crippen LogP contribution < -0.4 is 5.32 Å². The zero-order valence-electron chi connectivity index (χ0n) is 12.7. The third kappa shape index (κ3) is 3.52. The molecular formula is C14H15F3N6O. The van der Waals surface area contributed by atoms with E-state index in [2.05, 4.69) is 25.5 Å². The van der Waals surface area contributed by atoms with Crippen molar-refractivity contribution < 1.29 is 18.0 Å². The van der Waals surface area contributed by atoms with Gasteiger partial charge in [0.05, 0.1) is 12.1 Å². The molecule has 7 nitrogen and oxygen atoms in total. The molecule has 0 aromatic carbocycles. The lowest BCUT2D eigenvalue weighted by molar-refractivity contribution is -0.145. The van der Waals surface area contributed by atoms with Crippen LogP contribution in [-0.4, -0.2) is 30.6 Å². The molecule has 0 fully saturated rings. The molecule has 0 saturated carbocycles. The van der Waals surface area contributed by atoms with Gasteiger partial charge >= 0.3 is 6.18 Å². The fourth-order valence-corrected chi connectivity index (χ4v) is 2.53. The Balaban J connectivity index is 1.65. The molecule has 1 N–H and O–H groups in total. The molecular weight excluding hydrogens is 325 g/mol. The Morgan fingerprint density at radius 3 is 2.62 bits per heavy atom. The van der Waals surface area contributed by atoms with Gasteiger partial charge in [0.15, 0.2) is 5.82 Å². The lowest BCUT2D eigenvalue weighted by Crippen LogP contribution is -2.25. The first-order valence-electron chi connectivity index (χ1n) is 7.53. The van der Waals surface area contributed by atoms with Crippen LogP contribution in [0.2, 0.25) is 0 Å². The molecule has 0 bridgehead atoms. The van der Waals surface area contributed by atoms with Crippen LogP contribution in [0, 0.1) is 0 Å². The number of aryl methyl sites for hydroxylation is 1. The summed E-state index contributed by atoms with van der Waals surface area (Å²) in [6.45, 7) is 0.948. The highest BCUT2D eigenvalue weighted by Crippen LogP contribution is 2.25. The maximum absolute atomic E-state index is 12.4. The van der Waals surface area contributed by atoms with Gasteiger partial charge in [0.25, 0.3) is 5.91 Å². The van der Waals surface area contributed by atoms with E-state index in [0.717, 1.165) is 50.4 Å². The van der Waals surface area contributed by atoms with Gasteiger partial charge in [-0.25, -0.2) is 9.97 Å². The monoisotopic (exact) mass is 340 g/mol. The number of hydrogen-bond acceptors (Lipinski definition) is 5. The van der Waals surface area contributed by atoms with Crippen LogP contribution in [-0.2, 0) is 25.7 Å². The summed E-state index contributed by atoms with van der Waals surface area (Å²) in [6, 6.07) is 0. The number of amides is 1. The Morgan fingerprint density at radius 1 is 1.17 bits per heavy atom. The van der Waals surface area contributed by atoms with Crippen LogP contribution in [0.5, 0.6) is 0 Å². The van der Waals surface area contributed by atoms with Gasteiger partial charge < -0.3 is 9.88 Å². The average molecular weight is 340 g/mol. The van der Waals surface area contributed by atoms with E-state index in [1.807, 2.05) is 4.57 Å². The molecule has 0 unspecified atom stereocenters. The van der Waals surface area contributed by atoms with Crippen molar-refractivity contribution in [2.75, 3.05) is 0 Å². The number of alkyl halides is 3. The van der Waals surface area contributed by atoms with Crippen molar-refractivity contribution in [3.63, 3.8) is 0 Å². The molecule has 0 radical (unpaired) electrons. The lowest BCUT2D eigenvalue weighted by Gasteiger charge is -2.08. The maximum Gasteiger partial charge on any atom is 0.451 e. The number of halogens is 3. The van der Waals surface area contributed by atoms with Crippen LogP contribution in [0.15, 0.2) is 12.4 Å². The minimum absolute atomic E-state index is 0.0430. The van der Waals surface area contributed by atoms with Crippen LogP contribution in [0.3, 0.4) is 0 Å². The minimum Gasteiger partial charge on any atom is -0.345 e. The summed E-state index contributed by atoms with van der Waals surface area (Å²) in [5.74, 6) is -0.306. The van der Waals surface area contributed by atoms with Crippen molar-refractivity contribution in [1.82, 2.24) is 30.0 Å². The summed E-state index contributed by atoms with van der Waals surface area (Å²) in [6.07, 6.45) is 1.15. The normalized spacial score (nSPS) is 14.8. The molecule has 0 saturated heterocycles. The van der Waals surface area contributed by atoms with Crippen molar-refractivity contribution in [3.8, 4) is 0 Å². The van der Waals surface area contributed by atoms with E-state index in [4.69, 9.17) is 0 Å². The smallest absolute Gasteiger partial charge is 0.345 e. The Labute approximate surface area is 135 Å². The predicted molar refractivity (Wildman–Crippen MR) is 75.8 cm³/mol. The largest absolute Gasteiger partial charge is 0.451 e. The molecule has 10 heteroatoms. The van der Waals surface area contributed by atoms with E-state index in [-0.39, 0.29) is 12.1 Å². The topological polar surface area (TPSA) is 85.6 Å². The van der Waals surface area contributed by atoms with Gasteiger partial charge in [0.1, 0.15) is 5.82 Å². The first-order valence-corrected chi connectivity index (χ1v) is 7.53. The zero-order valence-corrected chi connectivity index (χ0v) is 12.7. The Hall–Kier alpha value is -2.52. The second kappa shape index (κ2) is 6.54. The van der Waals surface area contributed by atoms with Crippen molar-refractivity contribution in [2.45, 2.75) is 44.9 Å². The highest BCUT2D eigenvalue weighted by molar-refractivity contribution is 5.93. The molecule has 24 heavy (non-hydrogen) atoms. The van der Waals surface area contributed by atoms with Gasteiger partial charge in [-0.3, -0.25) is 4.79 Å². The van der Waals surface area contributed by atoms with Crippen LogP contribution in [0.1, 0.15) is 47.1 Å². The first kappa shape index (κ1) is 16.3. The summed E-state index contributed by atoms with van der Waals surface area (Å²) in [7, 11) is 0. The van der Waals surface area contributed by atoms with E-state index in [1.54, 1.807) is 0 Å². The van der Waals surface area contributed by atoms with Gasteiger partial charge in [0.2, 0.25) is 5.82 Å². The van der Waals surface area contributed by atoms with Gasteiger partial charge in [-0.2, -0.15) is 13.2 Å². The molecule has 1 amide bonds. The summed E-state index contributed by atoms with van der Waals surface area (Å²) in [5, 5.41) is 10.8. The average Bonchev–Trinajstić information content (AvgIpc) is 2.78. The number of carbonyl (C=O) groups is 1. The highest BCUT2D eigenvalue weighted by atomic mass is 19.4. The van der Waals surface area contributed by atoms with E-state index in [1.165, 1.54) is 0 Å². The van der Waals surface area contributed by atoms with Crippen molar-refractivity contribution in [1.29, 1.82) is 0 Å². The van der Waals surface area contributed by atoms with Crippen molar-refractivity contribution >= 4 is 5.91 Å². The SMILES string of the molecule is O=C(NCc1nnc2n1CCCCC2)c1cnc(C(F)(F)F)nc1. The predicted octanol–water partition coefficient (Wildman–Crippen LogP) is 1.74. The van der Waals surface area contributed by atoms with E-state index in [0.29, 0.717) is 5.82 Å². The van der Waals surface area contributed by atoms with E-state index >= 15 is 0 Å². The van der Waals surface area contributed by atoms with Gasteiger partial charge in [-0.15, -0.1) is 10.2 Å². The quantitative estimate of drug-likeness (QED) is 0.920. The van der Waals surface area contributed by atoms with E-state index in [9.17, 15) is 18.0 Å². The highest BCUT2D eigenvalue weighted by Gasteiger charge is 2.34. The molecule has 3 heterocycles. The van der Waals surface area contributed by atoms with Crippen LogP contribution >= 0.6 is 0 Å². The number of fused-ring (bicyclic) bond motifs is 1. The zero-order chi connectivity index (χ0) is 17.2. The van der Waals surface area contributed by atoms with E-state index < -0.39 is 17.9 Å². The van der Waals surface area contributed by atoms with Crippen LogP contribution in [0.25, 0.3) is 0 Å². The Kier molecular flexibility index (Phi) is 4.45. The number of carbonyl (C=O) groups excluding carboxylic acids is 1. The molecule has 0 atom stereocenters. The van der Waals surface area contributed by atoms with Crippen molar-refractivity contribution in [2.24, 2.45) is 0 Å². The summed E-state index contributed by atoms with van der Waals surface area (Å²) in [4.78, 5) is 18.3. The molecule has 1 aliphatic heterocycles. The minimum atomic E-state index is -4.63. The van der Waals surface area contributed by atoms with Gasteiger partial charge in [-0.1, -0.05) is 6.42 Å². The summed E-state index contributed by atoms with van der Waals surface area (Å²) in [5.41, 5.74) is -0.0430.